The highest BCUT2D eigenvalue weighted by Gasteiger charge is 2.30. The third kappa shape index (κ3) is 1.51. The zero-order valence-electron chi connectivity index (χ0n) is 8.76. The van der Waals surface area contributed by atoms with Crippen LogP contribution in [0.1, 0.15) is 12.8 Å². The largest absolute Gasteiger partial charge is 0.473 e. The Morgan fingerprint density at radius 1 is 1.38 bits per heavy atom. The molecule has 0 amide bonds. The average molecular weight is 219 g/mol. The maximum atomic E-state index is 5.78. The summed E-state index contributed by atoms with van der Waals surface area (Å²) in [6.07, 6.45) is 5.31. The second-order valence-corrected chi connectivity index (χ2v) is 4.09. The summed E-state index contributed by atoms with van der Waals surface area (Å²) < 4.78 is 5.78. The SMILES string of the molecule is NCC1CC(Oc2ncnc3nc[nH]c23)C1. The lowest BCUT2D eigenvalue weighted by Crippen LogP contribution is -2.37. The molecule has 3 rings (SSSR count). The summed E-state index contributed by atoms with van der Waals surface area (Å²) in [5.41, 5.74) is 6.97. The fraction of sp³-hybridized carbons (Fsp3) is 0.500. The van der Waals surface area contributed by atoms with E-state index in [9.17, 15) is 0 Å². The number of nitrogens with zero attached hydrogens (tertiary/aromatic N) is 3. The van der Waals surface area contributed by atoms with Crippen molar-refractivity contribution in [3.05, 3.63) is 12.7 Å². The second kappa shape index (κ2) is 3.71. The van der Waals surface area contributed by atoms with Gasteiger partial charge in [0.15, 0.2) is 5.65 Å². The maximum Gasteiger partial charge on any atom is 0.243 e. The predicted molar refractivity (Wildman–Crippen MR) is 57.9 cm³/mol. The molecule has 16 heavy (non-hydrogen) atoms. The van der Waals surface area contributed by atoms with E-state index in [1.807, 2.05) is 0 Å². The highest BCUT2D eigenvalue weighted by molar-refractivity contribution is 5.74. The number of hydrogen-bond acceptors (Lipinski definition) is 5. The summed E-state index contributed by atoms with van der Waals surface area (Å²) in [4.78, 5) is 15.2. The molecular weight excluding hydrogens is 206 g/mol. The molecule has 84 valence electrons. The van der Waals surface area contributed by atoms with Crippen molar-refractivity contribution in [2.75, 3.05) is 6.54 Å². The van der Waals surface area contributed by atoms with Crippen LogP contribution in [0.4, 0.5) is 0 Å². The van der Waals surface area contributed by atoms with Gasteiger partial charge in [-0.05, 0) is 25.3 Å². The summed E-state index contributed by atoms with van der Waals surface area (Å²) in [6.45, 7) is 0.739. The molecule has 1 saturated carbocycles. The highest BCUT2D eigenvalue weighted by atomic mass is 16.5. The predicted octanol–water partition coefficient (Wildman–Crippen LogP) is 0.469. The van der Waals surface area contributed by atoms with Crippen molar-refractivity contribution >= 4 is 11.2 Å². The third-order valence-corrected chi connectivity index (χ3v) is 2.99. The van der Waals surface area contributed by atoms with E-state index in [1.165, 1.54) is 6.33 Å². The Hall–Kier alpha value is -1.69. The van der Waals surface area contributed by atoms with Crippen LogP contribution in [0.15, 0.2) is 12.7 Å². The normalized spacial score (nSPS) is 24.3. The van der Waals surface area contributed by atoms with Gasteiger partial charge >= 0.3 is 0 Å². The summed E-state index contributed by atoms with van der Waals surface area (Å²) in [7, 11) is 0. The van der Waals surface area contributed by atoms with E-state index in [4.69, 9.17) is 10.5 Å². The summed E-state index contributed by atoms with van der Waals surface area (Å²) >= 11 is 0. The lowest BCUT2D eigenvalue weighted by Gasteiger charge is -2.33. The Bertz CT molecular complexity index is 491. The quantitative estimate of drug-likeness (QED) is 0.783. The van der Waals surface area contributed by atoms with Crippen molar-refractivity contribution in [2.24, 2.45) is 11.7 Å². The van der Waals surface area contributed by atoms with Gasteiger partial charge in [-0.3, -0.25) is 0 Å². The van der Waals surface area contributed by atoms with E-state index in [1.54, 1.807) is 6.33 Å². The Morgan fingerprint density at radius 2 is 2.25 bits per heavy atom. The molecule has 2 heterocycles. The Kier molecular flexibility index (Phi) is 2.21. The number of aromatic amines is 1. The first kappa shape index (κ1) is 9.53. The van der Waals surface area contributed by atoms with Gasteiger partial charge in [0.25, 0.3) is 0 Å². The number of nitrogens with two attached hydrogens (primary N) is 1. The lowest BCUT2D eigenvalue weighted by molar-refractivity contribution is 0.0661. The molecule has 2 aromatic rings. The Morgan fingerprint density at radius 3 is 3.06 bits per heavy atom. The number of rotatable bonds is 3. The fourth-order valence-electron chi connectivity index (χ4n) is 1.95. The van der Waals surface area contributed by atoms with Crippen LogP contribution >= 0.6 is 0 Å². The topological polar surface area (TPSA) is 89.7 Å². The van der Waals surface area contributed by atoms with Crippen LogP contribution in [-0.2, 0) is 0 Å². The van der Waals surface area contributed by atoms with Crippen LogP contribution in [0, 0.1) is 5.92 Å². The van der Waals surface area contributed by atoms with Gasteiger partial charge < -0.3 is 15.5 Å². The monoisotopic (exact) mass is 219 g/mol. The molecule has 0 radical (unpaired) electrons. The molecule has 0 aliphatic heterocycles. The summed E-state index contributed by atoms with van der Waals surface area (Å²) in [5.74, 6) is 1.19. The molecule has 0 bridgehead atoms. The molecule has 0 atom stereocenters. The van der Waals surface area contributed by atoms with Gasteiger partial charge in [-0.25, -0.2) is 9.97 Å². The molecule has 1 fully saturated rings. The fourth-order valence-corrected chi connectivity index (χ4v) is 1.95. The van der Waals surface area contributed by atoms with Gasteiger partial charge in [0.2, 0.25) is 5.88 Å². The van der Waals surface area contributed by atoms with Crippen molar-refractivity contribution < 1.29 is 4.74 Å². The van der Waals surface area contributed by atoms with Gasteiger partial charge in [0.1, 0.15) is 17.9 Å². The average Bonchev–Trinajstić information content (AvgIpc) is 2.71. The van der Waals surface area contributed by atoms with Crippen LogP contribution in [0.3, 0.4) is 0 Å². The molecule has 6 heteroatoms. The molecule has 2 aromatic heterocycles. The van der Waals surface area contributed by atoms with Gasteiger partial charge in [-0.15, -0.1) is 0 Å². The minimum atomic E-state index is 0.231. The van der Waals surface area contributed by atoms with E-state index in [-0.39, 0.29) is 6.10 Å². The lowest BCUT2D eigenvalue weighted by atomic mass is 9.82. The van der Waals surface area contributed by atoms with Gasteiger partial charge in [-0.2, -0.15) is 4.98 Å². The van der Waals surface area contributed by atoms with E-state index >= 15 is 0 Å². The first-order valence-corrected chi connectivity index (χ1v) is 5.37. The maximum absolute atomic E-state index is 5.78. The van der Waals surface area contributed by atoms with Crippen molar-refractivity contribution in [3.63, 3.8) is 0 Å². The van der Waals surface area contributed by atoms with E-state index in [0.29, 0.717) is 17.4 Å². The molecule has 1 aliphatic rings. The third-order valence-electron chi connectivity index (χ3n) is 2.99. The number of nitrogens with one attached hydrogen (secondary N) is 1. The number of ether oxygens (including phenoxy) is 1. The van der Waals surface area contributed by atoms with Crippen LogP contribution < -0.4 is 10.5 Å². The number of aromatic nitrogens is 4. The molecule has 0 saturated heterocycles. The van der Waals surface area contributed by atoms with Crippen LogP contribution in [-0.4, -0.2) is 32.6 Å². The standard InChI is InChI=1S/C10H13N5O/c11-3-6-1-7(2-6)16-10-8-9(13-4-12-8)14-5-15-10/h4-7H,1-3,11H2,(H,12,13,14,15). The number of fused-ring (bicyclic) bond motifs is 1. The second-order valence-electron chi connectivity index (χ2n) is 4.09. The van der Waals surface area contributed by atoms with Gasteiger partial charge in [0.05, 0.1) is 6.33 Å². The van der Waals surface area contributed by atoms with E-state index in [0.717, 1.165) is 24.9 Å². The number of H-pyrrole nitrogens is 1. The summed E-state index contributed by atoms with van der Waals surface area (Å²) in [6, 6.07) is 0. The first-order chi connectivity index (χ1) is 7.86. The number of hydrogen-bond donors (Lipinski definition) is 2. The molecule has 3 N–H and O–H groups in total. The van der Waals surface area contributed by atoms with Crippen LogP contribution in [0.25, 0.3) is 11.2 Å². The first-order valence-electron chi connectivity index (χ1n) is 5.37. The Labute approximate surface area is 92.3 Å². The van der Waals surface area contributed by atoms with Crippen molar-refractivity contribution in [1.29, 1.82) is 0 Å². The van der Waals surface area contributed by atoms with Crippen molar-refractivity contribution in [1.82, 2.24) is 19.9 Å². The van der Waals surface area contributed by atoms with Crippen molar-refractivity contribution in [2.45, 2.75) is 18.9 Å². The van der Waals surface area contributed by atoms with Gasteiger partial charge in [0, 0.05) is 0 Å². The number of imidazole rings is 1. The Balaban J connectivity index is 1.77. The zero-order valence-corrected chi connectivity index (χ0v) is 8.76. The molecule has 1 aliphatic carbocycles. The zero-order chi connectivity index (χ0) is 11.0. The molecule has 0 unspecified atom stereocenters. The van der Waals surface area contributed by atoms with E-state index < -0.39 is 0 Å². The van der Waals surface area contributed by atoms with E-state index in [2.05, 4.69) is 19.9 Å². The smallest absolute Gasteiger partial charge is 0.243 e. The highest BCUT2D eigenvalue weighted by Crippen LogP contribution is 2.31. The van der Waals surface area contributed by atoms with Crippen LogP contribution in [0.2, 0.25) is 0 Å². The molecule has 6 nitrogen and oxygen atoms in total. The van der Waals surface area contributed by atoms with Gasteiger partial charge in [-0.1, -0.05) is 0 Å². The van der Waals surface area contributed by atoms with Crippen molar-refractivity contribution in [3.8, 4) is 5.88 Å². The minimum Gasteiger partial charge on any atom is -0.473 e. The summed E-state index contributed by atoms with van der Waals surface area (Å²) in [5, 5.41) is 0. The minimum absolute atomic E-state index is 0.231. The molecular formula is C10H13N5O. The molecule has 0 aromatic carbocycles. The van der Waals surface area contributed by atoms with Crippen LogP contribution in [0.5, 0.6) is 5.88 Å². The molecule has 0 spiro atoms.